The number of alkyl halides is 2. The number of nitriles is 1. The highest BCUT2D eigenvalue weighted by molar-refractivity contribution is 5.11. The topological polar surface area (TPSA) is 41.6 Å². The minimum atomic E-state index is -2.68. The summed E-state index contributed by atoms with van der Waals surface area (Å²) in [5, 5.41) is 8.19. The van der Waals surface area contributed by atoms with Crippen LogP contribution in [0.1, 0.15) is 12.4 Å². The average molecular weight is 143 g/mol. The molecular weight excluding hydrogens is 140 g/mol. The normalized spacial score (nSPS) is 9.80. The maximum atomic E-state index is 11.8. The van der Waals surface area contributed by atoms with Crippen molar-refractivity contribution in [1.82, 2.24) is 9.55 Å². The van der Waals surface area contributed by atoms with Gasteiger partial charge < -0.3 is 0 Å². The van der Waals surface area contributed by atoms with E-state index < -0.39 is 6.55 Å². The first-order valence-electron chi connectivity index (χ1n) is 2.47. The highest BCUT2D eigenvalue weighted by Gasteiger charge is 2.09. The summed E-state index contributed by atoms with van der Waals surface area (Å²) in [6.07, 6.45) is 2.22. The minimum absolute atomic E-state index is 0.269. The van der Waals surface area contributed by atoms with E-state index in [1.165, 1.54) is 6.07 Å². The van der Waals surface area contributed by atoms with Crippen molar-refractivity contribution in [2.24, 2.45) is 0 Å². The van der Waals surface area contributed by atoms with Crippen LogP contribution in [-0.4, -0.2) is 9.55 Å². The van der Waals surface area contributed by atoms with E-state index >= 15 is 0 Å². The second-order valence-corrected chi connectivity index (χ2v) is 1.55. The van der Waals surface area contributed by atoms with Gasteiger partial charge in [-0.3, -0.25) is 4.57 Å². The Morgan fingerprint density at radius 3 is 2.80 bits per heavy atom. The molecule has 52 valence electrons. The highest BCUT2D eigenvalue weighted by Crippen LogP contribution is 2.10. The fourth-order valence-electron chi connectivity index (χ4n) is 0.557. The van der Waals surface area contributed by atoms with E-state index in [-0.39, 0.29) is 5.82 Å². The minimum Gasteiger partial charge on any atom is -0.265 e. The largest absolute Gasteiger partial charge is 0.320 e. The van der Waals surface area contributed by atoms with Crippen molar-refractivity contribution in [2.45, 2.75) is 6.55 Å². The zero-order chi connectivity index (χ0) is 7.56. The van der Waals surface area contributed by atoms with E-state index in [0.717, 1.165) is 12.4 Å². The third kappa shape index (κ3) is 0.957. The molecule has 3 nitrogen and oxygen atoms in total. The molecule has 0 aliphatic rings. The van der Waals surface area contributed by atoms with Crippen LogP contribution in [-0.2, 0) is 0 Å². The molecule has 1 aromatic rings. The lowest BCUT2D eigenvalue weighted by molar-refractivity contribution is 0.0692. The zero-order valence-corrected chi connectivity index (χ0v) is 4.83. The summed E-state index contributed by atoms with van der Waals surface area (Å²) in [4.78, 5) is 3.38. The Morgan fingerprint density at radius 2 is 2.40 bits per heavy atom. The molecule has 0 aliphatic carbocycles. The lowest BCUT2D eigenvalue weighted by Gasteiger charge is -1.97. The third-order valence-corrected chi connectivity index (χ3v) is 0.979. The lowest BCUT2D eigenvalue weighted by atomic mass is 10.7. The van der Waals surface area contributed by atoms with Crippen molar-refractivity contribution in [3.8, 4) is 6.07 Å². The maximum absolute atomic E-state index is 11.8. The second kappa shape index (κ2) is 2.43. The van der Waals surface area contributed by atoms with Crippen molar-refractivity contribution < 1.29 is 8.78 Å². The summed E-state index contributed by atoms with van der Waals surface area (Å²) in [5.74, 6) is -0.269. The Morgan fingerprint density at radius 1 is 1.70 bits per heavy atom. The van der Waals surface area contributed by atoms with E-state index in [1.807, 2.05) is 0 Å². The van der Waals surface area contributed by atoms with E-state index in [0.29, 0.717) is 4.57 Å². The Bertz CT molecular complexity index is 260. The van der Waals surface area contributed by atoms with Gasteiger partial charge in [0, 0.05) is 12.4 Å². The number of hydrogen-bond donors (Lipinski definition) is 0. The predicted molar refractivity (Wildman–Crippen MR) is 28.2 cm³/mol. The summed E-state index contributed by atoms with van der Waals surface area (Å²) in [5.41, 5.74) is 0. The van der Waals surface area contributed by atoms with Gasteiger partial charge in [0.25, 0.3) is 0 Å². The molecule has 0 aliphatic heterocycles. The van der Waals surface area contributed by atoms with Crippen LogP contribution in [0.3, 0.4) is 0 Å². The quantitative estimate of drug-likeness (QED) is 0.591. The molecule has 0 bridgehead atoms. The fourth-order valence-corrected chi connectivity index (χ4v) is 0.557. The smallest absolute Gasteiger partial charge is 0.265 e. The molecule has 1 rings (SSSR count). The molecule has 0 saturated heterocycles. The van der Waals surface area contributed by atoms with Crippen molar-refractivity contribution in [2.75, 3.05) is 0 Å². The van der Waals surface area contributed by atoms with Crippen LogP contribution in [0.2, 0.25) is 0 Å². The zero-order valence-electron chi connectivity index (χ0n) is 4.83. The molecule has 0 saturated carbocycles. The van der Waals surface area contributed by atoms with Crippen molar-refractivity contribution in [3.05, 3.63) is 18.2 Å². The van der Waals surface area contributed by atoms with Crippen LogP contribution in [0.4, 0.5) is 8.78 Å². The van der Waals surface area contributed by atoms with Crippen LogP contribution in [0.25, 0.3) is 0 Å². The molecule has 10 heavy (non-hydrogen) atoms. The van der Waals surface area contributed by atoms with E-state index in [4.69, 9.17) is 5.26 Å². The first kappa shape index (κ1) is 6.68. The number of hydrogen-bond acceptors (Lipinski definition) is 2. The van der Waals surface area contributed by atoms with Crippen molar-refractivity contribution in [1.29, 1.82) is 5.26 Å². The SMILES string of the molecule is N#Cc1nccn1C(F)F. The van der Waals surface area contributed by atoms with Gasteiger partial charge in [0.2, 0.25) is 5.82 Å². The summed E-state index contributed by atoms with van der Waals surface area (Å²) in [6, 6.07) is 1.53. The van der Waals surface area contributed by atoms with Gasteiger partial charge in [-0.05, 0) is 0 Å². The van der Waals surface area contributed by atoms with Crippen LogP contribution < -0.4 is 0 Å². The van der Waals surface area contributed by atoms with Crippen molar-refractivity contribution in [3.63, 3.8) is 0 Å². The number of aromatic nitrogens is 2. The van der Waals surface area contributed by atoms with Gasteiger partial charge in [-0.1, -0.05) is 0 Å². The number of halogens is 2. The Labute approximate surface area is 55.5 Å². The first-order chi connectivity index (χ1) is 4.75. The lowest BCUT2D eigenvalue weighted by Crippen LogP contribution is -1.99. The molecule has 0 N–H and O–H groups in total. The molecule has 0 radical (unpaired) electrons. The fraction of sp³-hybridized carbons (Fsp3) is 0.200. The van der Waals surface area contributed by atoms with Crippen LogP contribution in [0.15, 0.2) is 12.4 Å². The maximum Gasteiger partial charge on any atom is 0.320 e. The first-order valence-corrected chi connectivity index (χ1v) is 2.47. The summed E-state index contributed by atoms with van der Waals surface area (Å²) >= 11 is 0. The van der Waals surface area contributed by atoms with Gasteiger partial charge in [0.05, 0.1) is 0 Å². The van der Waals surface area contributed by atoms with E-state index in [1.54, 1.807) is 0 Å². The molecule has 5 heteroatoms. The molecule has 0 fully saturated rings. The Hall–Kier alpha value is -1.44. The summed E-state index contributed by atoms with van der Waals surface area (Å²) in [7, 11) is 0. The van der Waals surface area contributed by atoms with E-state index in [2.05, 4.69) is 4.98 Å². The molecule has 0 unspecified atom stereocenters. The van der Waals surface area contributed by atoms with Crippen LogP contribution in [0.5, 0.6) is 0 Å². The van der Waals surface area contributed by atoms with Crippen LogP contribution in [0, 0.1) is 11.3 Å². The number of imidazole rings is 1. The summed E-state index contributed by atoms with van der Waals surface area (Å²) in [6.45, 7) is -2.68. The van der Waals surface area contributed by atoms with E-state index in [9.17, 15) is 8.78 Å². The molecule has 1 aromatic heterocycles. The molecule has 0 atom stereocenters. The molecule has 1 heterocycles. The third-order valence-electron chi connectivity index (χ3n) is 0.979. The van der Waals surface area contributed by atoms with Crippen LogP contribution >= 0.6 is 0 Å². The summed E-state index contributed by atoms with van der Waals surface area (Å²) < 4.78 is 24.1. The highest BCUT2D eigenvalue weighted by atomic mass is 19.3. The molecule has 0 spiro atoms. The van der Waals surface area contributed by atoms with Gasteiger partial charge in [-0.25, -0.2) is 4.98 Å². The molecule has 0 amide bonds. The number of rotatable bonds is 1. The van der Waals surface area contributed by atoms with Gasteiger partial charge in [-0.15, -0.1) is 0 Å². The second-order valence-electron chi connectivity index (χ2n) is 1.55. The van der Waals surface area contributed by atoms with Gasteiger partial charge >= 0.3 is 6.55 Å². The molecule has 0 aromatic carbocycles. The van der Waals surface area contributed by atoms with Gasteiger partial charge in [0.15, 0.2) is 0 Å². The average Bonchev–Trinajstić information content (AvgIpc) is 2.33. The Kier molecular flexibility index (Phi) is 1.63. The predicted octanol–water partition coefficient (Wildman–Crippen LogP) is 1.15. The molecular formula is C5H3F2N3. The van der Waals surface area contributed by atoms with Gasteiger partial charge in [0.1, 0.15) is 6.07 Å². The standard InChI is InChI=1S/C5H3F2N3/c6-5(7)10-2-1-9-4(10)3-8/h1-2,5H. The van der Waals surface area contributed by atoms with Gasteiger partial charge in [-0.2, -0.15) is 14.0 Å². The monoisotopic (exact) mass is 143 g/mol. The number of nitrogens with zero attached hydrogens (tertiary/aromatic N) is 3. The van der Waals surface area contributed by atoms with Crippen molar-refractivity contribution >= 4 is 0 Å². The Balaban J connectivity index is 3.05.